The third-order valence-electron chi connectivity index (χ3n) is 3.13. The summed E-state index contributed by atoms with van der Waals surface area (Å²) >= 11 is 6.01. The van der Waals surface area contributed by atoms with Gasteiger partial charge in [0.1, 0.15) is 6.04 Å². The number of carbonyl (C=O) groups is 2. The molecule has 1 atom stereocenters. The molecule has 1 unspecified atom stereocenters. The van der Waals surface area contributed by atoms with Gasteiger partial charge in [-0.3, -0.25) is 4.79 Å². The van der Waals surface area contributed by atoms with Crippen LogP contribution >= 0.6 is 11.6 Å². The number of carbonyl (C=O) groups excluding carboxylic acids is 1. The van der Waals surface area contributed by atoms with E-state index in [0.29, 0.717) is 17.9 Å². The molecule has 1 aliphatic rings. The largest absolute Gasteiger partial charge is 0.480 e. The first-order chi connectivity index (χ1) is 9.45. The lowest BCUT2D eigenvalue weighted by atomic mass is 10.1. The van der Waals surface area contributed by atoms with Gasteiger partial charge >= 0.3 is 5.97 Å². The minimum absolute atomic E-state index is 0.0508. The summed E-state index contributed by atoms with van der Waals surface area (Å²) in [6.07, 6.45) is 0.315. The maximum atomic E-state index is 12.3. The van der Waals surface area contributed by atoms with Gasteiger partial charge in [-0.15, -0.1) is 0 Å². The minimum atomic E-state index is -1.05. The van der Waals surface area contributed by atoms with Gasteiger partial charge in [-0.25, -0.2) is 4.79 Å². The van der Waals surface area contributed by atoms with Crippen LogP contribution in [0.5, 0.6) is 11.5 Å². The van der Waals surface area contributed by atoms with E-state index in [-0.39, 0.29) is 17.4 Å². The molecule has 0 radical (unpaired) electrons. The first-order valence-corrected chi connectivity index (χ1v) is 6.42. The molecule has 0 saturated heterocycles. The molecule has 6 nitrogen and oxygen atoms in total. The Hall–Kier alpha value is -1.95. The number of fused-ring (bicyclic) bond motifs is 1. The number of benzene rings is 1. The maximum Gasteiger partial charge on any atom is 0.326 e. The van der Waals surface area contributed by atoms with Crippen molar-refractivity contribution in [3.63, 3.8) is 0 Å². The predicted octanol–water partition coefficient (Wildman–Crippen LogP) is 2.00. The Morgan fingerprint density at radius 2 is 2.15 bits per heavy atom. The molecule has 20 heavy (non-hydrogen) atoms. The lowest BCUT2D eigenvalue weighted by Crippen LogP contribution is -2.41. The number of carboxylic acids is 1. The fraction of sp³-hybridized carbons (Fsp3) is 0.385. The Kier molecular flexibility index (Phi) is 4.04. The van der Waals surface area contributed by atoms with Crippen molar-refractivity contribution in [2.24, 2.45) is 0 Å². The zero-order chi connectivity index (χ0) is 14.9. The van der Waals surface area contributed by atoms with E-state index in [9.17, 15) is 9.59 Å². The topological polar surface area (TPSA) is 76.1 Å². The highest BCUT2D eigenvalue weighted by atomic mass is 35.5. The molecule has 0 spiro atoms. The zero-order valence-electron chi connectivity index (χ0n) is 11.1. The van der Waals surface area contributed by atoms with Gasteiger partial charge in [0, 0.05) is 12.6 Å². The van der Waals surface area contributed by atoms with Crippen LogP contribution in [0.4, 0.5) is 0 Å². The second-order valence-corrected chi connectivity index (χ2v) is 4.78. The molecule has 0 fully saturated rings. The van der Waals surface area contributed by atoms with Gasteiger partial charge in [-0.2, -0.15) is 0 Å². The average Bonchev–Trinajstić information content (AvgIpc) is 2.86. The van der Waals surface area contributed by atoms with E-state index < -0.39 is 17.9 Å². The number of hydrogen-bond acceptors (Lipinski definition) is 4. The third-order valence-corrected chi connectivity index (χ3v) is 3.41. The minimum Gasteiger partial charge on any atom is -0.480 e. The molecule has 2 rings (SSSR count). The van der Waals surface area contributed by atoms with E-state index in [4.69, 9.17) is 26.2 Å². The molecular weight excluding hydrogens is 286 g/mol. The quantitative estimate of drug-likeness (QED) is 0.920. The van der Waals surface area contributed by atoms with Crippen LogP contribution in [0.3, 0.4) is 0 Å². The molecular formula is C13H14ClNO5. The van der Waals surface area contributed by atoms with Gasteiger partial charge in [0.15, 0.2) is 11.5 Å². The van der Waals surface area contributed by atoms with Crippen molar-refractivity contribution in [3.8, 4) is 11.5 Å². The van der Waals surface area contributed by atoms with Gasteiger partial charge in [0.25, 0.3) is 5.91 Å². The number of ether oxygens (including phenoxy) is 2. The lowest BCUT2D eigenvalue weighted by molar-refractivity contribution is -0.142. The first kappa shape index (κ1) is 14.5. The highest BCUT2D eigenvalue weighted by molar-refractivity contribution is 6.32. The fourth-order valence-corrected chi connectivity index (χ4v) is 2.32. The van der Waals surface area contributed by atoms with Crippen LogP contribution in [-0.4, -0.2) is 41.8 Å². The number of rotatable bonds is 4. The van der Waals surface area contributed by atoms with Gasteiger partial charge in [0.05, 0.1) is 5.02 Å². The van der Waals surface area contributed by atoms with Gasteiger partial charge in [-0.1, -0.05) is 18.5 Å². The Bertz CT molecular complexity index is 560. The number of carboxylic acid groups (broad SMARTS) is 1. The summed E-state index contributed by atoms with van der Waals surface area (Å²) < 4.78 is 10.3. The molecule has 1 aliphatic heterocycles. The summed E-state index contributed by atoms with van der Waals surface area (Å²) in [4.78, 5) is 24.6. The molecule has 0 aliphatic carbocycles. The van der Waals surface area contributed by atoms with Crippen LogP contribution < -0.4 is 9.47 Å². The highest BCUT2D eigenvalue weighted by Gasteiger charge is 2.28. The summed E-state index contributed by atoms with van der Waals surface area (Å²) in [6.45, 7) is 1.75. The average molecular weight is 300 g/mol. The molecule has 1 heterocycles. The zero-order valence-corrected chi connectivity index (χ0v) is 11.8. The van der Waals surface area contributed by atoms with Crippen LogP contribution in [0.15, 0.2) is 12.1 Å². The maximum absolute atomic E-state index is 12.3. The molecule has 1 amide bonds. The first-order valence-electron chi connectivity index (χ1n) is 6.04. The molecule has 1 aromatic carbocycles. The lowest BCUT2D eigenvalue weighted by Gasteiger charge is -2.24. The molecule has 7 heteroatoms. The number of amides is 1. The van der Waals surface area contributed by atoms with Crippen molar-refractivity contribution in [2.45, 2.75) is 19.4 Å². The Morgan fingerprint density at radius 3 is 2.75 bits per heavy atom. The van der Waals surface area contributed by atoms with E-state index in [1.807, 2.05) is 0 Å². The van der Waals surface area contributed by atoms with Gasteiger partial charge in [0.2, 0.25) is 6.79 Å². The Morgan fingerprint density at radius 1 is 1.45 bits per heavy atom. The van der Waals surface area contributed by atoms with Gasteiger partial charge < -0.3 is 19.5 Å². The summed E-state index contributed by atoms with van der Waals surface area (Å²) in [7, 11) is 1.45. The molecule has 0 saturated carbocycles. The van der Waals surface area contributed by atoms with E-state index in [0.717, 1.165) is 0 Å². The number of aliphatic carboxylic acids is 1. The summed E-state index contributed by atoms with van der Waals surface area (Å²) in [5.74, 6) is -0.691. The monoisotopic (exact) mass is 299 g/mol. The molecule has 1 aromatic rings. The third kappa shape index (κ3) is 2.51. The van der Waals surface area contributed by atoms with E-state index in [1.54, 1.807) is 6.92 Å². The SMILES string of the molecule is CCC(C(=O)O)N(C)C(=O)c1cc(Cl)c2c(c1)OCO2. The van der Waals surface area contributed by atoms with E-state index in [1.165, 1.54) is 24.1 Å². The Labute approximate surface area is 120 Å². The van der Waals surface area contributed by atoms with Gasteiger partial charge in [-0.05, 0) is 18.6 Å². The second-order valence-electron chi connectivity index (χ2n) is 4.37. The van der Waals surface area contributed by atoms with Crippen molar-refractivity contribution in [2.75, 3.05) is 13.8 Å². The highest BCUT2D eigenvalue weighted by Crippen LogP contribution is 2.40. The summed E-state index contributed by atoms with van der Waals surface area (Å²) in [6, 6.07) is 2.07. The van der Waals surface area contributed by atoms with Crippen LogP contribution in [0.2, 0.25) is 5.02 Å². The van der Waals surface area contributed by atoms with Crippen LogP contribution in [-0.2, 0) is 4.79 Å². The number of hydrogen-bond donors (Lipinski definition) is 1. The molecule has 108 valence electrons. The van der Waals surface area contributed by atoms with Crippen LogP contribution in [0.25, 0.3) is 0 Å². The number of nitrogens with zero attached hydrogens (tertiary/aromatic N) is 1. The van der Waals surface area contributed by atoms with Crippen molar-refractivity contribution >= 4 is 23.5 Å². The number of likely N-dealkylation sites (N-methyl/N-ethyl adjacent to an activating group) is 1. The van der Waals surface area contributed by atoms with Crippen molar-refractivity contribution in [1.82, 2.24) is 4.90 Å². The fourth-order valence-electron chi connectivity index (χ4n) is 2.05. The second kappa shape index (κ2) is 5.58. The normalized spacial score (nSPS) is 13.9. The smallest absolute Gasteiger partial charge is 0.326 e. The van der Waals surface area contributed by atoms with Crippen molar-refractivity contribution in [3.05, 3.63) is 22.7 Å². The van der Waals surface area contributed by atoms with E-state index in [2.05, 4.69) is 0 Å². The van der Waals surface area contributed by atoms with Crippen molar-refractivity contribution < 1.29 is 24.2 Å². The molecule has 1 N–H and O–H groups in total. The van der Waals surface area contributed by atoms with Crippen molar-refractivity contribution in [1.29, 1.82) is 0 Å². The molecule has 0 bridgehead atoms. The van der Waals surface area contributed by atoms with E-state index >= 15 is 0 Å². The molecule has 0 aromatic heterocycles. The Balaban J connectivity index is 2.30. The number of halogens is 1. The van der Waals surface area contributed by atoms with Crippen LogP contribution in [0.1, 0.15) is 23.7 Å². The summed E-state index contributed by atoms with van der Waals surface area (Å²) in [5.41, 5.74) is 0.265. The summed E-state index contributed by atoms with van der Waals surface area (Å²) in [5, 5.41) is 9.35. The standard InChI is InChI=1S/C13H14ClNO5/c1-3-9(13(17)18)15(2)12(16)7-4-8(14)11-10(5-7)19-6-20-11/h4-5,9H,3,6H2,1-2H3,(H,17,18). The van der Waals surface area contributed by atoms with Crippen LogP contribution in [0, 0.1) is 0 Å². The predicted molar refractivity (Wildman–Crippen MR) is 71.4 cm³/mol.